The number of likely N-dealkylation sites (N-methyl/N-ethyl adjacent to an activating group) is 1. The van der Waals surface area contributed by atoms with Crippen molar-refractivity contribution in [1.82, 2.24) is 9.80 Å². The molecule has 204 valence electrons. The molecule has 5 rings (SSSR count). The number of piperidine rings is 1. The van der Waals surface area contributed by atoms with Gasteiger partial charge in [0, 0.05) is 23.6 Å². The summed E-state index contributed by atoms with van der Waals surface area (Å²) >= 11 is 0. The summed E-state index contributed by atoms with van der Waals surface area (Å²) in [6.45, 7) is 2.21. The molecule has 2 fully saturated rings. The Kier molecular flexibility index (Phi) is 6.38. The van der Waals surface area contributed by atoms with Crippen molar-refractivity contribution in [1.29, 1.82) is 0 Å². The number of aromatic hydroxyl groups is 1. The molecule has 11 nitrogen and oxygen atoms in total. The molecule has 1 aromatic rings. The van der Waals surface area contributed by atoms with Crippen LogP contribution in [-0.2, 0) is 27.3 Å². The van der Waals surface area contributed by atoms with Gasteiger partial charge in [0.25, 0.3) is 5.91 Å². The molecule has 5 atom stereocenters. The number of carbonyl (C=O) groups is 3. The molecule has 4 aliphatic rings. The van der Waals surface area contributed by atoms with Gasteiger partial charge in [0.1, 0.15) is 22.8 Å². The molecule has 0 radical (unpaired) electrons. The summed E-state index contributed by atoms with van der Waals surface area (Å²) in [4.78, 5) is 42.7. The molecule has 1 saturated carbocycles. The lowest BCUT2D eigenvalue weighted by Crippen LogP contribution is -2.70. The number of nitrogens with two attached hydrogens (primary N) is 1. The normalized spacial score (nSPS) is 31.8. The summed E-state index contributed by atoms with van der Waals surface area (Å²) in [5.41, 5.74) is 2.21. The van der Waals surface area contributed by atoms with Gasteiger partial charge in [-0.25, -0.2) is 0 Å². The topological polar surface area (TPSA) is 185 Å². The van der Waals surface area contributed by atoms with E-state index in [4.69, 9.17) is 5.73 Å². The van der Waals surface area contributed by atoms with Crippen LogP contribution in [0.4, 0.5) is 0 Å². The molecule has 1 heterocycles. The molecule has 0 aromatic heterocycles. The van der Waals surface area contributed by atoms with Crippen LogP contribution >= 0.6 is 0 Å². The van der Waals surface area contributed by atoms with Crippen molar-refractivity contribution in [2.45, 2.75) is 50.0 Å². The number of carbonyl (C=O) groups excluding carboxylic acids is 3. The van der Waals surface area contributed by atoms with Crippen molar-refractivity contribution in [3.05, 3.63) is 45.7 Å². The number of hydrogen-bond donors (Lipinski definition) is 6. The van der Waals surface area contributed by atoms with Crippen LogP contribution in [0.1, 0.15) is 36.0 Å². The zero-order valence-corrected chi connectivity index (χ0v) is 21.3. The number of likely N-dealkylation sites (tertiary alicyclic amines) is 1. The van der Waals surface area contributed by atoms with Crippen LogP contribution < -0.4 is 5.73 Å². The van der Waals surface area contributed by atoms with Crippen molar-refractivity contribution < 1.29 is 39.9 Å². The Labute approximate surface area is 219 Å². The van der Waals surface area contributed by atoms with Crippen LogP contribution in [-0.4, -0.2) is 97.7 Å². The Bertz CT molecular complexity index is 1300. The third-order valence-corrected chi connectivity index (χ3v) is 8.60. The number of nitrogens with zero attached hydrogens (tertiary/aromatic N) is 2. The summed E-state index contributed by atoms with van der Waals surface area (Å²) in [7, 11) is 2.95. The van der Waals surface area contributed by atoms with E-state index >= 15 is 0 Å². The number of ketones is 2. The number of fused-ring (bicyclic) bond motifs is 3. The van der Waals surface area contributed by atoms with Crippen LogP contribution in [0.25, 0.3) is 5.76 Å². The fraction of sp³-hybridized carbons (Fsp3) is 0.519. The highest BCUT2D eigenvalue weighted by Crippen LogP contribution is 2.53. The largest absolute Gasteiger partial charge is 0.508 e. The molecule has 1 aromatic carbocycles. The third-order valence-electron chi connectivity index (χ3n) is 8.60. The van der Waals surface area contributed by atoms with Gasteiger partial charge >= 0.3 is 0 Å². The van der Waals surface area contributed by atoms with Gasteiger partial charge in [-0.05, 0) is 52.0 Å². The van der Waals surface area contributed by atoms with Gasteiger partial charge in [-0.3, -0.25) is 24.2 Å². The molecule has 0 bridgehead atoms. The van der Waals surface area contributed by atoms with E-state index in [0.29, 0.717) is 17.7 Å². The first-order chi connectivity index (χ1) is 17.9. The highest BCUT2D eigenvalue weighted by atomic mass is 16.4. The summed E-state index contributed by atoms with van der Waals surface area (Å²) in [5.74, 6) is -8.04. The van der Waals surface area contributed by atoms with Gasteiger partial charge in [0.05, 0.1) is 23.6 Å². The number of amides is 1. The third kappa shape index (κ3) is 3.60. The number of aliphatic hydroxyl groups excluding tert-OH is 3. The highest BCUT2D eigenvalue weighted by Gasteiger charge is 2.67. The molecule has 11 heteroatoms. The molecule has 1 aliphatic heterocycles. The van der Waals surface area contributed by atoms with E-state index < -0.39 is 64.1 Å². The molecule has 0 unspecified atom stereocenters. The molecule has 7 N–H and O–H groups in total. The lowest BCUT2D eigenvalue weighted by atomic mass is 9.56. The maximum atomic E-state index is 13.9. The Morgan fingerprint density at radius 2 is 1.79 bits per heavy atom. The second kappa shape index (κ2) is 9.19. The van der Waals surface area contributed by atoms with Crippen molar-refractivity contribution in [2.75, 3.05) is 27.2 Å². The van der Waals surface area contributed by atoms with E-state index in [1.807, 2.05) is 0 Å². The molecule has 3 aliphatic carbocycles. The summed E-state index contributed by atoms with van der Waals surface area (Å²) in [5, 5.41) is 56.6. The summed E-state index contributed by atoms with van der Waals surface area (Å²) in [6, 6.07) is 2.13. The number of Topliss-reactive ketones (excluding diaryl/α,β-unsaturated/α-hetero) is 2. The number of phenols is 1. The second-order valence-electron chi connectivity index (χ2n) is 11.0. The number of benzene rings is 1. The second-order valence-corrected chi connectivity index (χ2v) is 11.0. The van der Waals surface area contributed by atoms with E-state index in [1.54, 1.807) is 12.1 Å². The number of rotatable bonds is 4. The quantitative estimate of drug-likeness (QED) is 0.289. The molecule has 0 spiro atoms. The molecular formula is C27H33N3O8. The van der Waals surface area contributed by atoms with Crippen LogP contribution in [0.2, 0.25) is 0 Å². The lowest BCUT2D eigenvalue weighted by molar-refractivity contribution is -0.168. The number of aliphatic hydroxyl groups is 4. The number of phenolic OH excluding ortho intramolecular Hbond substituents is 1. The molecule has 1 saturated heterocycles. The van der Waals surface area contributed by atoms with E-state index in [1.165, 1.54) is 19.0 Å². The minimum absolute atomic E-state index is 0.0306. The molecule has 1 amide bonds. The van der Waals surface area contributed by atoms with E-state index in [2.05, 4.69) is 4.90 Å². The highest BCUT2D eigenvalue weighted by molar-refractivity contribution is 6.24. The lowest BCUT2D eigenvalue weighted by Gasteiger charge is -2.52. The predicted octanol–water partition coefficient (Wildman–Crippen LogP) is -0.0793. The first kappa shape index (κ1) is 26.4. The van der Waals surface area contributed by atoms with Crippen LogP contribution in [0.3, 0.4) is 0 Å². The van der Waals surface area contributed by atoms with E-state index in [-0.39, 0.29) is 23.3 Å². The maximum absolute atomic E-state index is 13.9. The first-order valence-electron chi connectivity index (χ1n) is 12.8. The van der Waals surface area contributed by atoms with Crippen molar-refractivity contribution in [3.8, 4) is 5.75 Å². The SMILES string of the molecule is CN(C)[C@H]1C(=O)C(C(N)=O)=C(O)[C@]2(O)C(=O)C3=C(O)c4c(ccc(CN5CCCCC5)c4O)C[C@@H]3[C@@H](O)[C@H]12. The van der Waals surface area contributed by atoms with Crippen LogP contribution in [0.5, 0.6) is 5.75 Å². The van der Waals surface area contributed by atoms with Crippen molar-refractivity contribution in [3.63, 3.8) is 0 Å². The van der Waals surface area contributed by atoms with Gasteiger partial charge in [-0.15, -0.1) is 0 Å². The molecule has 38 heavy (non-hydrogen) atoms. The number of hydrogen-bond acceptors (Lipinski definition) is 10. The average Bonchev–Trinajstić information content (AvgIpc) is 2.86. The van der Waals surface area contributed by atoms with Gasteiger partial charge < -0.3 is 31.3 Å². The zero-order valence-electron chi connectivity index (χ0n) is 21.3. The predicted molar refractivity (Wildman–Crippen MR) is 135 cm³/mol. The minimum Gasteiger partial charge on any atom is -0.508 e. The summed E-state index contributed by atoms with van der Waals surface area (Å²) in [6.07, 6.45) is 1.71. The Morgan fingerprint density at radius 3 is 2.39 bits per heavy atom. The fourth-order valence-electron chi connectivity index (χ4n) is 6.76. The van der Waals surface area contributed by atoms with Crippen molar-refractivity contribution >= 4 is 23.2 Å². The van der Waals surface area contributed by atoms with E-state index in [9.17, 15) is 39.9 Å². The molecular weight excluding hydrogens is 494 g/mol. The fourth-order valence-corrected chi connectivity index (χ4v) is 6.76. The monoisotopic (exact) mass is 527 g/mol. The standard InChI is InChI=1S/C27H33N3O8/c1-29(2)19-18-21(32)14-10-12-6-7-13(11-30-8-4-3-5-9-30)20(31)15(12)22(33)16(14)24(35)27(18,38)25(36)17(23(19)34)26(28)37/h6-7,14,18-19,21,31-33,36,38H,3-5,8-11H2,1-2H3,(H2,28,37)/t14-,18-,19+,21+,27+/m0/s1. The van der Waals surface area contributed by atoms with Gasteiger partial charge in [0.15, 0.2) is 11.4 Å². The summed E-state index contributed by atoms with van der Waals surface area (Å²) < 4.78 is 0. The average molecular weight is 528 g/mol. The Hall–Kier alpha value is -3.25. The van der Waals surface area contributed by atoms with Gasteiger partial charge in [-0.1, -0.05) is 18.6 Å². The van der Waals surface area contributed by atoms with Gasteiger partial charge in [0.2, 0.25) is 5.78 Å². The number of primary amides is 1. The van der Waals surface area contributed by atoms with Crippen LogP contribution in [0, 0.1) is 11.8 Å². The minimum atomic E-state index is -2.90. The maximum Gasteiger partial charge on any atom is 0.255 e. The van der Waals surface area contributed by atoms with Gasteiger partial charge in [-0.2, -0.15) is 0 Å². The smallest absolute Gasteiger partial charge is 0.255 e. The Morgan fingerprint density at radius 1 is 1.13 bits per heavy atom. The van der Waals surface area contributed by atoms with Crippen LogP contribution in [0.15, 0.2) is 29.0 Å². The zero-order chi connectivity index (χ0) is 27.7. The first-order valence-corrected chi connectivity index (χ1v) is 12.8. The Balaban J connectivity index is 1.66. The van der Waals surface area contributed by atoms with E-state index in [0.717, 1.165) is 32.4 Å². The van der Waals surface area contributed by atoms with Crippen molar-refractivity contribution in [2.24, 2.45) is 17.6 Å².